The van der Waals surface area contributed by atoms with E-state index in [1.165, 1.54) is 0 Å². The molecule has 1 aliphatic heterocycles. The van der Waals surface area contributed by atoms with Gasteiger partial charge in [0.25, 0.3) is 0 Å². The van der Waals surface area contributed by atoms with E-state index in [4.69, 9.17) is 0 Å². The highest BCUT2D eigenvalue weighted by Gasteiger charge is 2.26. The second kappa shape index (κ2) is 6.17. The molecule has 0 saturated carbocycles. The fraction of sp³-hybridized carbons (Fsp3) is 0.818. The van der Waals surface area contributed by atoms with E-state index in [9.17, 15) is 18.0 Å². The summed E-state index contributed by atoms with van der Waals surface area (Å²) >= 11 is 0. The summed E-state index contributed by atoms with van der Waals surface area (Å²) < 4.78 is 22.7. The normalized spacial score (nSPS) is 21.7. The van der Waals surface area contributed by atoms with E-state index >= 15 is 0 Å². The molecular formula is C11H20N2O4S. The monoisotopic (exact) mass is 276 g/mol. The van der Waals surface area contributed by atoms with Crippen molar-refractivity contribution in [2.24, 2.45) is 0 Å². The molecule has 1 heterocycles. The maximum absolute atomic E-state index is 11.9. The molecule has 2 amide bonds. The number of hydrogen-bond donors (Lipinski definition) is 1. The SMILES string of the molecule is CCS(=O)(=O)CCCN1CCC(=O)NC(C)C1=O. The van der Waals surface area contributed by atoms with Crippen molar-refractivity contribution < 1.29 is 18.0 Å². The minimum absolute atomic E-state index is 0.0863. The zero-order valence-corrected chi connectivity index (χ0v) is 11.6. The number of amides is 2. The number of carbonyl (C=O) groups excluding carboxylic acids is 2. The van der Waals surface area contributed by atoms with E-state index in [2.05, 4.69) is 5.32 Å². The fourth-order valence-corrected chi connectivity index (χ4v) is 2.70. The Morgan fingerprint density at radius 2 is 2.06 bits per heavy atom. The Morgan fingerprint density at radius 3 is 2.67 bits per heavy atom. The topological polar surface area (TPSA) is 83.6 Å². The smallest absolute Gasteiger partial charge is 0.244 e. The summed E-state index contributed by atoms with van der Waals surface area (Å²) in [6, 6.07) is -0.525. The number of nitrogens with zero attached hydrogens (tertiary/aromatic N) is 1. The van der Waals surface area contributed by atoms with Gasteiger partial charge in [0, 0.05) is 25.3 Å². The third kappa shape index (κ3) is 4.29. The summed E-state index contributed by atoms with van der Waals surface area (Å²) in [5.74, 6) is -0.0743. The number of carbonyl (C=O) groups is 2. The van der Waals surface area contributed by atoms with Crippen molar-refractivity contribution in [3.8, 4) is 0 Å². The number of hydrogen-bond acceptors (Lipinski definition) is 4. The molecule has 6 nitrogen and oxygen atoms in total. The summed E-state index contributed by atoms with van der Waals surface area (Å²) in [5, 5.41) is 2.59. The first kappa shape index (κ1) is 14.9. The summed E-state index contributed by atoms with van der Waals surface area (Å²) in [4.78, 5) is 24.7. The molecule has 0 radical (unpaired) electrons. The predicted octanol–water partition coefficient (Wildman–Crippen LogP) is -0.452. The van der Waals surface area contributed by atoms with Crippen LogP contribution < -0.4 is 5.32 Å². The van der Waals surface area contributed by atoms with Gasteiger partial charge in [0.1, 0.15) is 15.9 Å². The van der Waals surface area contributed by atoms with Gasteiger partial charge in [-0.05, 0) is 13.3 Å². The molecule has 1 atom stereocenters. The molecule has 1 unspecified atom stereocenters. The Hall–Kier alpha value is -1.11. The van der Waals surface area contributed by atoms with Crippen LogP contribution >= 0.6 is 0 Å². The van der Waals surface area contributed by atoms with Crippen LogP contribution in [0.15, 0.2) is 0 Å². The lowest BCUT2D eigenvalue weighted by atomic mass is 10.3. The largest absolute Gasteiger partial charge is 0.345 e. The molecule has 0 aromatic carbocycles. The van der Waals surface area contributed by atoms with Gasteiger partial charge in [-0.1, -0.05) is 6.92 Å². The van der Waals surface area contributed by atoms with E-state index in [1.807, 2.05) is 0 Å². The second-order valence-electron chi connectivity index (χ2n) is 4.45. The predicted molar refractivity (Wildman–Crippen MR) is 67.7 cm³/mol. The van der Waals surface area contributed by atoms with E-state index in [0.29, 0.717) is 19.5 Å². The van der Waals surface area contributed by atoms with Crippen LogP contribution in [0.2, 0.25) is 0 Å². The lowest BCUT2D eigenvalue weighted by Gasteiger charge is -2.22. The molecule has 0 spiro atoms. The van der Waals surface area contributed by atoms with Crippen LogP contribution in [0.1, 0.15) is 26.7 Å². The summed E-state index contributed by atoms with van der Waals surface area (Å²) in [5.41, 5.74) is 0. The van der Waals surface area contributed by atoms with Crippen LogP contribution in [0.3, 0.4) is 0 Å². The van der Waals surface area contributed by atoms with Crippen LogP contribution in [0, 0.1) is 0 Å². The first-order chi connectivity index (χ1) is 8.35. The molecule has 0 aromatic rings. The number of nitrogens with one attached hydrogen (secondary N) is 1. The van der Waals surface area contributed by atoms with Crippen molar-refractivity contribution in [1.29, 1.82) is 0 Å². The molecule has 1 aliphatic rings. The number of sulfone groups is 1. The van der Waals surface area contributed by atoms with Crippen molar-refractivity contribution >= 4 is 21.7 Å². The van der Waals surface area contributed by atoms with Crippen LogP contribution in [-0.2, 0) is 19.4 Å². The van der Waals surface area contributed by atoms with Crippen molar-refractivity contribution in [1.82, 2.24) is 10.2 Å². The molecule has 104 valence electrons. The molecule has 0 aromatic heterocycles. The van der Waals surface area contributed by atoms with Crippen LogP contribution in [0.25, 0.3) is 0 Å². The molecule has 1 fully saturated rings. The van der Waals surface area contributed by atoms with Crippen molar-refractivity contribution in [3.63, 3.8) is 0 Å². The molecule has 7 heteroatoms. The van der Waals surface area contributed by atoms with Gasteiger partial charge in [-0.15, -0.1) is 0 Å². The molecular weight excluding hydrogens is 256 g/mol. The highest BCUT2D eigenvalue weighted by molar-refractivity contribution is 7.91. The summed E-state index contributed by atoms with van der Waals surface area (Å²) in [6.45, 7) is 4.00. The molecule has 0 bridgehead atoms. The molecule has 1 rings (SSSR count). The average Bonchev–Trinajstić information content (AvgIpc) is 2.42. The Morgan fingerprint density at radius 1 is 1.39 bits per heavy atom. The zero-order valence-electron chi connectivity index (χ0n) is 10.8. The van der Waals surface area contributed by atoms with Gasteiger partial charge in [-0.25, -0.2) is 8.42 Å². The van der Waals surface area contributed by atoms with Gasteiger partial charge in [-0.3, -0.25) is 9.59 Å². The van der Waals surface area contributed by atoms with E-state index in [1.54, 1.807) is 18.7 Å². The first-order valence-corrected chi connectivity index (χ1v) is 7.96. The maximum Gasteiger partial charge on any atom is 0.244 e. The zero-order chi connectivity index (χ0) is 13.8. The quantitative estimate of drug-likeness (QED) is 0.737. The van der Waals surface area contributed by atoms with Crippen molar-refractivity contribution in [3.05, 3.63) is 0 Å². The van der Waals surface area contributed by atoms with Crippen LogP contribution in [0.5, 0.6) is 0 Å². The third-order valence-electron chi connectivity index (χ3n) is 2.99. The van der Waals surface area contributed by atoms with Gasteiger partial charge in [-0.2, -0.15) is 0 Å². The van der Waals surface area contributed by atoms with Gasteiger partial charge in [0.15, 0.2) is 0 Å². The lowest BCUT2D eigenvalue weighted by Crippen LogP contribution is -2.43. The van der Waals surface area contributed by atoms with E-state index in [-0.39, 0.29) is 29.7 Å². The molecule has 1 saturated heterocycles. The maximum atomic E-state index is 11.9. The Kier molecular flexibility index (Phi) is 5.13. The van der Waals surface area contributed by atoms with Gasteiger partial charge in [0.2, 0.25) is 11.8 Å². The van der Waals surface area contributed by atoms with Gasteiger partial charge < -0.3 is 10.2 Å². The Balaban J connectivity index is 2.50. The first-order valence-electron chi connectivity index (χ1n) is 6.14. The number of rotatable bonds is 5. The summed E-state index contributed by atoms with van der Waals surface area (Å²) in [7, 11) is -2.99. The minimum Gasteiger partial charge on any atom is -0.345 e. The van der Waals surface area contributed by atoms with Crippen LogP contribution in [-0.4, -0.2) is 55.8 Å². The molecule has 18 heavy (non-hydrogen) atoms. The van der Waals surface area contributed by atoms with Gasteiger partial charge >= 0.3 is 0 Å². The minimum atomic E-state index is -2.99. The van der Waals surface area contributed by atoms with E-state index in [0.717, 1.165) is 0 Å². The van der Waals surface area contributed by atoms with E-state index < -0.39 is 15.9 Å². The summed E-state index contributed by atoms with van der Waals surface area (Å²) in [6.07, 6.45) is 0.694. The van der Waals surface area contributed by atoms with Crippen molar-refractivity contribution in [2.75, 3.05) is 24.6 Å². The standard InChI is InChI=1S/C11H20N2O4S/c1-3-18(16,17)8-4-6-13-7-5-10(14)12-9(2)11(13)15/h9H,3-8H2,1-2H3,(H,12,14). The Bertz CT molecular complexity index is 419. The van der Waals surface area contributed by atoms with Crippen LogP contribution in [0.4, 0.5) is 0 Å². The molecule has 0 aliphatic carbocycles. The Labute approximate surface area is 108 Å². The second-order valence-corrected chi connectivity index (χ2v) is 6.93. The molecule has 1 N–H and O–H groups in total. The lowest BCUT2D eigenvalue weighted by molar-refractivity contribution is -0.133. The van der Waals surface area contributed by atoms with Gasteiger partial charge in [0.05, 0.1) is 5.75 Å². The third-order valence-corrected chi connectivity index (χ3v) is 4.78. The average molecular weight is 276 g/mol. The highest BCUT2D eigenvalue weighted by atomic mass is 32.2. The fourth-order valence-electron chi connectivity index (χ4n) is 1.84. The highest BCUT2D eigenvalue weighted by Crippen LogP contribution is 2.05. The van der Waals surface area contributed by atoms with Crippen molar-refractivity contribution in [2.45, 2.75) is 32.7 Å².